The molecule has 0 amide bonds. The fourth-order valence-corrected chi connectivity index (χ4v) is 3.41. The van der Waals surface area contributed by atoms with Crippen molar-refractivity contribution in [2.75, 3.05) is 0 Å². The zero-order valence-electron chi connectivity index (χ0n) is 11.9. The molecule has 0 heterocycles. The molecule has 1 atom stereocenters. The lowest BCUT2D eigenvalue weighted by atomic mass is 9.75. The number of rotatable bonds is 5. The molecule has 19 heavy (non-hydrogen) atoms. The molecule has 2 N–H and O–H groups in total. The normalized spacial score (nSPS) is 25.2. The third-order valence-corrected chi connectivity index (χ3v) is 4.87. The molecule has 2 rings (SSSR count). The summed E-state index contributed by atoms with van der Waals surface area (Å²) >= 11 is 5.93. The van der Waals surface area contributed by atoms with Gasteiger partial charge in [0.05, 0.1) is 0 Å². The van der Waals surface area contributed by atoms with Crippen LogP contribution in [0.2, 0.25) is 5.02 Å². The molecule has 1 fully saturated rings. The van der Waals surface area contributed by atoms with Crippen LogP contribution >= 0.6 is 11.6 Å². The predicted molar refractivity (Wildman–Crippen MR) is 83.4 cm³/mol. The minimum absolute atomic E-state index is 0.185. The van der Waals surface area contributed by atoms with E-state index in [1.54, 1.807) is 0 Å². The Balaban J connectivity index is 1.85. The highest BCUT2D eigenvalue weighted by molar-refractivity contribution is 6.30. The van der Waals surface area contributed by atoms with Crippen molar-refractivity contribution in [1.82, 2.24) is 0 Å². The smallest absolute Gasteiger partial charge is 0.0406 e. The van der Waals surface area contributed by atoms with Gasteiger partial charge in [-0.1, -0.05) is 62.8 Å². The fourth-order valence-electron chi connectivity index (χ4n) is 3.29. The summed E-state index contributed by atoms with van der Waals surface area (Å²) < 4.78 is 0. The van der Waals surface area contributed by atoms with Gasteiger partial charge in [0.25, 0.3) is 0 Å². The quantitative estimate of drug-likeness (QED) is 0.774. The molecule has 1 aliphatic rings. The highest BCUT2D eigenvalue weighted by atomic mass is 35.5. The summed E-state index contributed by atoms with van der Waals surface area (Å²) in [6, 6.07) is 8.24. The average molecular weight is 280 g/mol. The summed E-state index contributed by atoms with van der Waals surface area (Å²) in [4.78, 5) is 0. The van der Waals surface area contributed by atoms with Gasteiger partial charge in [0, 0.05) is 11.1 Å². The largest absolute Gasteiger partial charge is 0.324 e. The van der Waals surface area contributed by atoms with Crippen LogP contribution in [-0.2, 0) is 0 Å². The van der Waals surface area contributed by atoms with Gasteiger partial charge in [-0.2, -0.15) is 0 Å². The van der Waals surface area contributed by atoms with Crippen LogP contribution < -0.4 is 5.73 Å². The third kappa shape index (κ3) is 4.22. The fraction of sp³-hybridized carbons (Fsp3) is 0.647. The molecule has 0 spiro atoms. The van der Waals surface area contributed by atoms with Crippen molar-refractivity contribution in [2.45, 2.75) is 57.9 Å². The molecule has 1 saturated carbocycles. The standard InChI is InChI=1S/C17H26ClN/c1-2-3-4-13-5-7-14(8-6-13)17(19)15-9-11-16(18)12-10-15/h9-14,17H,2-8,19H2,1H3. The summed E-state index contributed by atoms with van der Waals surface area (Å²) in [6.07, 6.45) is 9.44. The van der Waals surface area contributed by atoms with Crippen molar-refractivity contribution in [1.29, 1.82) is 0 Å². The molecule has 0 saturated heterocycles. The van der Waals surface area contributed by atoms with Crippen LogP contribution in [0.25, 0.3) is 0 Å². The molecule has 1 aliphatic carbocycles. The molecule has 1 unspecified atom stereocenters. The van der Waals surface area contributed by atoms with Crippen LogP contribution in [0.1, 0.15) is 63.5 Å². The third-order valence-electron chi connectivity index (χ3n) is 4.62. The average Bonchev–Trinajstić information content (AvgIpc) is 2.46. The van der Waals surface area contributed by atoms with Gasteiger partial charge in [-0.15, -0.1) is 0 Å². The van der Waals surface area contributed by atoms with Crippen LogP contribution in [0, 0.1) is 11.8 Å². The molecule has 0 radical (unpaired) electrons. The van der Waals surface area contributed by atoms with Gasteiger partial charge in [-0.3, -0.25) is 0 Å². The minimum atomic E-state index is 0.185. The molecule has 1 nitrogen and oxygen atoms in total. The molecule has 2 heteroatoms. The topological polar surface area (TPSA) is 26.0 Å². The van der Waals surface area contributed by atoms with Crippen molar-refractivity contribution in [3.63, 3.8) is 0 Å². The van der Waals surface area contributed by atoms with Gasteiger partial charge in [0.2, 0.25) is 0 Å². The maximum Gasteiger partial charge on any atom is 0.0406 e. The second kappa shape index (κ2) is 7.31. The second-order valence-electron chi connectivity index (χ2n) is 6.00. The first kappa shape index (κ1) is 14.9. The van der Waals surface area contributed by atoms with Crippen molar-refractivity contribution in [2.24, 2.45) is 17.6 Å². The van der Waals surface area contributed by atoms with Crippen LogP contribution in [0.4, 0.5) is 0 Å². The summed E-state index contributed by atoms with van der Waals surface area (Å²) in [5, 5.41) is 0.791. The van der Waals surface area contributed by atoms with Gasteiger partial charge in [-0.05, 0) is 42.4 Å². The lowest BCUT2D eigenvalue weighted by Gasteiger charge is -2.32. The number of unbranched alkanes of at least 4 members (excludes halogenated alkanes) is 1. The summed E-state index contributed by atoms with van der Waals surface area (Å²) in [7, 11) is 0. The summed E-state index contributed by atoms with van der Waals surface area (Å²) in [6.45, 7) is 2.28. The van der Waals surface area contributed by atoms with Gasteiger partial charge >= 0.3 is 0 Å². The van der Waals surface area contributed by atoms with Gasteiger partial charge in [-0.25, -0.2) is 0 Å². The van der Waals surface area contributed by atoms with Crippen molar-refractivity contribution in [3.05, 3.63) is 34.9 Å². The lowest BCUT2D eigenvalue weighted by molar-refractivity contribution is 0.232. The van der Waals surface area contributed by atoms with Crippen LogP contribution in [0.15, 0.2) is 24.3 Å². The van der Waals surface area contributed by atoms with E-state index in [4.69, 9.17) is 17.3 Å². The lowest BCUT2D eigenvalue weighted by Crippen LogP contribution is -2.26. The van der Waals surface area contributed by atoms with Crippen LogP contribution in [0.3, 0.4) is 0 Å². The Morgan fingerprint density at radius 1 is 1.16 bits per heavy atom. The Morgan fingerprint density at radius 2 is 1.79 bits per heavy atom. The van der Waals surface area contributed by atoms with E-state index >= 15 is 0 Å². The monoisotopic (exact) mass is 279 g/mol. The van der Waals surface area contributed by atoms with Crippen LogP contribution in [-0.4, -0.2) is 0 Å². The van der Waals surface area contributed by atoms with Gasteiger partial charge in [0.1, 0.15) is 0 Å². The molecule has 1 aromatic carbocycles. The van der Waals surface area contributed by atoms with E-state index < -0.39 is 0 Å². The summed E-state index contributed by atoms with van der Waals surface area (Å²) in [5.74, 6) is 1.60. The Kier molecular flexibility index (Phi) is 5.72. The van der Waals surface area contributed by atoms with E-state index in [1.165, 1.54) is 50.5 Å². The molecular weight excluding hydrogens is 254 g/mol. The Labute approximate surface area is 122 Å². The van der Waals surface area contributed by atoms with E-state index in [0.29, 0.717) is 5.92 Å². The van der Waals surface area contributed by atoms with Gasteiger partial charge < -0.3 is 5.73 Å². The number of nitrogens with two attached hydrogens (primary N) is 1. The molecule has 0 bridgehead atoms. The Morgan fingerprint density at radius 3 is 2.37 bits per heavy atom. The second-order valence-corrected chi connectivity index (χ2v) is 6.44. The van der Waals surface area contributed by atoms with Crippen molar-refractivity contribution in [3.8, 4) is 0 Å². The first-order valence-corrected chi connectivity index (χ1v) is 8.09. The first-order chi connectivity index (χ1) is 9.20. The Hall–Kier alpha value is -0.530. The molecular formula is C17H26ClN. The number of hydrogen-bond donors (Lipinski definition) is 1. The van der Waals surface area contributed by atoms with E-state index in [-0.39, 0.29) is 6.04 Å². The molecule has 0 aliphatic heterocycles. The minimum Gasteiger partial charge on any atom is -0.324 e. The zero-order chi connectivity index (χ0) is 13.7. The highest BCUT2D eigenvalue weighted by Crippen LogP contribution is 2.37. The molecule has 0 aromatic heterocycles. The van der Waals surface area contributed by atoms with E-state index in [1.807, 2.05) is 12.1 Å². The number of halogens is 1. The maximum absolute atomic E-state index is 6.42. The van der Waals surface area contributed by atoms with Crippen LogP contribution in [0.5, 0.6) is 0 Å². The van der Waals surface area contributed by atoms with E-state index in [9.17, 15) is 0 Å². The highest BCUT2D eigenvalue weighted by Gasteiger charge is 2.26. The summed E-state index contributed by atoms with van der Waals surface area (Å²) in [5.41, 5.74) is 7.66. The van der Waals surface area contributed by atoms with Gasteiger partial charge in [0.15, 0.2) is 0 Å². The Bertz CT molecular complexity index is 365. The predicted octanol–water partition coefficient (Wildman–Crippen LogP) is 5.34. The van der Waals surface area contributed by atoms with Crippen molar-refractivity contribution < 1.29 is 0 Å². The molecule has 1 aromatic rings. The van der Waals surface area contributed by atoms with E-state index in [0.717, 1.165) is 10.9 Å². The molecule has 106 valence electrons. The van der Waals surface area contributed by atoms with Crippen molar-refractivity contribution >= 4 is 11.6 Å². The zero-order valence-corrected chi connectivity index (χ0v) is 12.7. The SMILES string of the molecule is CCCCC1CCC(C(N)c2ccc(Cl)cc2)CC1. The van der Waals surface area contributed by atoms with E-state index in [2.05, 4.69) is 19.1 Å². The number of benzene rings is 1. The first-order valence-electron chi connectivity index (χ1n) is 7.71. The number of hydrogen-bond acceptors (Lipinski definition) is 1. The maximum atomic E-state index is 6.42.